The number of carbonyl (C=O) groups is 2. The first-order chi connectivity index (χ1) is 13.2. The van der Waals surface area contributed by atoms with Crippen LogP contribution in [0.25, 0.3) is 5.52 Å². The Kier molecular flexibility index (Phi) is 4.80. The highest BCUT2D eigenvalue weighted by atomic mass is 16.5. The maximum Gasteiger partial charge on any atom is 0.290 e. The van der Waals surface area contributed by atoms with Gasteiger partial charge >= 0.3 is 0 Å². The van der Waals surface area contributed by atoms with Gasteiger partial charge in [0.15, 0.2) is 5.69 Å². The van der Waals surface area contributed by atoms with E-state index in [2.05, 4.69) is 15.3 Å². The van der Waals surface area contributed by atoms with E-state index in [9.17, 15) is 9.59 Å². The van der Waals surface area contributed by atoms with Crippen LogP contribution in [0.3, 0.4) is 0 Å². The van der Waals surface area contributed by atoms with Crippen molar-refractivity contribution in [1.29, 1.82) is 0 Å². The van der Waals surface area contributed by atoms with Crippen molar-refractivity contribution in [3.8, 4) is 0 Å². The van der Waals surface area contributed by atoms with Gasteiger partial charge in [-0.3, -0.25) is 19.0 Å². The van der Waals surface area contributed by atoms with Gasteiger partial charge in [0.2, 0.25) is 5.82 Å². The van der Waals surface area contributed by atoms with Crippen LogP contribution in [0, 0.1) is 0 Å². The van der Waals surface area contributed by atoms with Gasteiger partial charge in [0.25, 0.3) is 11.8 Å². The number of nitrogens with zero attached hydrogens (tertiary/aromatic N) is 4. The standard InChI is InChI=1S/C19H19N5O3/c25-18(21-13-14-4-3-6-20-12-14)16-15-5-1-2-7-24(15)17(22-16)19(26)23-8-10-27-11-9-23/h1-7,12H,8-11,13H2,(H,21,25). The molecule has 0 unspecified atom stereocenters. The number of ether oxygens (including phenoxy) is 1. The predicted molar refractivity (Wildman–Crippen MR) is 97.3 cm³/mol. The zero-order chi connectivity index (χ0) is 18.6. The number of pyridine rings is 2. The van der Waals surface area contributed by atoms with Gasteiger partial charge in [-0.15, -0.1) is 0 Å². The van der Waals surface area contributed by atoms with Gasteiger partial charge in [-0.25, -0.2) is 4.98 Å². The lowest BCUT2D eigenvalue weighted by molar-refractivity contribution is 0.0294. The molecular weight excluding hydrogens is 346 g/mol. The molecule has 27 heavy (non-hydrogen) atoms. The fraction of sp³-hybridized carbons (Fsp3) is 0.263. The van der Waals surface area contributed by atoms with Crippen molar-refractivity contribution in [2.75, 3.05) is 26.3 Å². The quantitative estimate of drug-likeness (QED) is 0.749. The van der Waals surface area contributed by atoms with Crippen molar-refractivity contribution in [1.82, 2.24) is 24.6 Å². The zero-order valence-electron chi connectivity index (χ0n) is 14.7. The van der Waals surface area contributed by atoms with E-state index in [1.54, 1.807) is 34.0 Å². The first kappa shape index (κ1) is 17.2. The molecule has 4 heterocycles. The second-order valence-corrected chi connectivity index (χ2v) is 6.19. The third-order valence-corrected chi connectivity index (χ3v) is 4.43. The normalized spacial score (nSPS) is 14.3. The maximum atomic E-state index is 12.9. The number of hydrogen-bond donors (Lipinski definition) is 1. The molecule has 0 aromatic carbocycles. The molecule has 1 fully saturated rings. The van der Waals surface area contributed by atoms with Crippen LogP contribution in [0.5, 0.6) is 0 Å². The average molecular weight is 365 g/mol. The molecule has 0 bridgehead atoms. The van der Waals surface area contributed by atoms with Crippen LogP contribution in [0.1, 0.15) is 26.7 Å². The Morgan fingerprint density at radius 2 is 2.00 bits per heavy atom. The summed E-state index contributed by atoms with van der Waals surface area (Å²) in [6.07, 6.45) is 5.12. The molecule has 3 aromatic rings. The third-order valence-electron chi connectivity index (χ3n) is 4.43. The van der Waals surface area contributed by atoms with E-state index in [-0.39, 0.29) is 23.3 Å². The summed E-state index contributed by atoms with van der Waals surface area (Å²) < 4.78 is 6.96. The van der Waals surface area contributed by atoms with Gasteiger partial charge in [-0.05, 0) is 23.8 Å². The molecule has 3 aromatic heterocycles. The number of rotatable bonds is 4. The third kappa shape index (κ3) is 3.52. The molecule has 0 aliphatic carbocycles. The highest BCUT2D eigenvalue weighted by Gasteiger charge is 2.26. The van der Waals surface area contributed by atoms with Crippen molar-refractivity contribution in [3.05, 3.63) is 66.0 Å². The van der Waals surface area contributed by atoms with E-state index in [0.29, 0.717) is 38.4 Å². The van der Waals surface area contributed by atoms with Crippen LogP contribution >= 0.6 is 0 Å². The zero-order valence-corrected chi connectivity index (χ0v) is 14.7. The van der Waals surface area contributed by atoms with E-state index in [4.69, 9.17) is 4.74 Å². The fourth-order valence-electron chi connectivity index (χ4n) is 3.03. The first-order valence-corrected chi connectivity index (χ1v) is 8.75. The molecule has 8 nitrogen and oxygen atoms in total. The smallest absolute Gasteiger partial charge is 0.290 e. The SMILES string of the molecule is O=C(NCc1cccnc1)c1nc(C(=O)N2CCOCC2)n2ccccc12. The summed E-state index contributed by atoms with van der Waals surface area (Å²) in [6, 6.07) is 9.10. The second kappa shape index (κ2) is 7.55. The van der Waals surface area contributed by atoms with Gasteiger partial charge in [0.05, 0.1) is 18.7 Å². The number of hydrogen-bond acceptors (Lipinski definition) is 5. The summed E-state index contributed by atoms with van der Waals surface area (Å²) in [4.78, 5) is 35.7. The van der Waals surface area contributed by atoms with E-state index < -0.39 is 0 Å². The Morgan fingerprint density at radius 3 is 2.78 bits per heavy atom. The Morgan fingerprint density at radius 1 is 1.15 bits per heavy atom. The molecule has 8 heteroatoms. The largest absolute Gasteiger partial charge is 0.378 e. The van der Waals surface area contributed by atoms with E-state index in [1.807, 2.05) is 24.3 Å². The summed E-state index contributed by atoms with van der Waals surface area (Å²) >= 11 is 0. The lowest BCUT2D eigenvalue weighted by atomic mass is 10.2. The number of nitrogens with one attached hydrogen (secondary N) is 1. The van der Waals surface area contributed by atoms with E-state index >= 15 is 0 Å². The van der Waals surface area contributed by atoms with Crippen LogP contribution < -0.4 is 5.32 Å². The van der Waals surface area contributed by atoms with E-state index in [0.717, 1.165) is 5.56 Å². The first-order valence-electron chi connectivity index (χ1n) is 8.75. The van der Waals surface area contributed by atoms with Gasteiger partial charge in [-0.1, -0.05) is 12.1 Å². The summed E-state index contributed by atoms with van der Waals surface area (Å²) in [5.74, 6) is -0.298. The van der Waals surface area contributed by atoms with Crippen molar-refractivity contribution < 1.29 is 14.3 Å². The minimum absolute atomic E-state index is 0.203. The second-order valence-electron chi connectivity index (χ2n) is 6.19. The Bertz CT molecular complexity index is 964. The molecule has 2 amide bonds. The summed E-state index contributed by atoms with van der Waals surface area (Å²) in [5, 5.41) is 2.84. The van der Waals surface area contributed by atoms with Crippen molar-refractivity contribution in [2.24, 2.45) is 0 Å². The maximum absolute atomic E-state index is 12.9. The molecule has 1 aliphatic heterocycles. The molecular formula is C19H19N5O3. The van der Waals surface area contributed by atoms with Crippen LogP contribution in [-0.2, 0) is 11.3 Å². The Hall–Kier alpha value is -3.26. The molecule has 1 N–H and O–H groups in total. The minimum Gasteiger partial charge on any atom is -0.378 e. The molecule has 0 radical (unpaired) electrons. The number of carbonyl (C=O) groups excluding carboxylic acids is 2. The fourth-order valence-corrected chi connectivity index (χ4v) is 3.03. The lowest BCUT2D eigenvalue weighted by Crippen LogP contribution is -2.41. The molecule has 0 saturated carbocycles. The number of morpholine rings is 1. The van der Waals surface area contributed by atoms with Crippen molar-refractivity contribution >= 4 is 17.3 Å². The van der Waals surface area contributed by atoms with Gasteiger partial charge in [0.1, 0.15) is 0 Å². The molecule has 1 saturated heterocycles. The van der Waals surface area contributed by atoms with Crippen LogP contribution in [0.4, 0.5) is 0 Å². The monoisotopic (exact) mass is 365 g/mol. The highest BCUT2D eigenvalue weighted by molar-refractivity contribution is 6.02. The molecule has 1 aliphatic rings. The summed E-state index contributed by atoms with van der Waals surface area (Å²) in [5.41, 5.74) is 1.72. The number of amides is 2. The minimum atomic E-state index is -0.330. The molecule has 4 rings (SSSR count). The summed E-state index contributed by atoms with van der Waals surface area (Å²) in [6.45, 7) is 2.39. The Labute approximate surface area is 155 Å². The number of aromatic nitrogens is 3. The average Bonchev–Trinajstić information content (AvgIpc) is 3.13. The molecule has 138 valence electrons. The highest BCUT2D eigenvalue weighted by Crippen LogP contribution is 2.16. The Balaban J connectivity index is 1.61. The predicted octanol–water partition coefficient (Wildman–Crippen LogP) is 1.13. The lowest BCUT2D eigenvalue weighted by Gasteiger charge is -2.26. The van der Waals surface area contributed by atoms with Gasteiger partial charge in [0, 0.05) is 38.2 Å². The molecule has 0 spiro atoms. The topological polar surface area (TPSA) is 88.8 Å². The van der Waals surface area contributed by atoms with Crippen LogP contribution in [0.15, 0.2) is 48.9 Å². The van der Waals surface area contributed by atoms with E-state index in [1.165, 1.54) is 0 Å². The van der Waals surface area contributed by atoms with Gasteiger partial charge in [-0.2, -0.15) is 0 Å². The van der Waals surface area contributed by atoms with Crippen molar-refractivity contribution in [2.45, 2.75) is 6.54 Å². The van der Waals surface area contributed by atoms with Crippen molar-refractivity contribution in [3.63, 3.8) is 0 Å². The number of imidazole rings is 1. The van der Waals surface area contributed by atoms with Crippen LogP contribution in [0.2, 0.25) is 0 Å². The van der Waals surface area contributed by atoms with Gasteiger partial charge < -0.3 is 15.0 Å². The van der Waals surface area contributed by atoms with Crippen LogP contribution in [-0.4, -0.2) is 57.4 Å². The molecule has 0 atom stereocenters. The number of fused-ring (bicyclic) bond motifs is 1. The summed E-state index contributed by atoms with van der Waals surface area (Å²) in [7, 11) is 0.